The molecule has 0 saturated heterocycles. The summed E-state index contributed by atoms with van der Waals surface area (Å²) in [5.41, 5.74) is 1.84. The average molecular weight is 303 g/mol. The molecular weight excluding hydrogens is 286 g/mol. The number of hydrogen-bond acceptors (Lipinski definition) is 4. The Morgan fingerprint density at radius 1 is 1.29 bits per heavy atom. The molecule has 0 radical (unpaired) electrons. The number of rotatable bonds is 3. The maximum absolute atomic E-state index is 12.9. The van der Waals surface area contributed by atoms with E-state index in [1.54, 1.807) is 13.1 Å². The fourth-order valence-corrected chi connectivity index (χ4v) is 4.43. The van der Waals surface area contributed by atoms with Crippen LogP contribution in [-0.4, -0.2) is 26.5 Å². The molecule has 1 atom stereocenters. The van der Waals surface area contributed by atoms with Crippen molar-refractivity contribution in [3.05, 3.63) is 48.2 Å². The van der Waals surface area contributed by atoms with Gasteiger partial charge in [-0.25, -0.2) is 13.4 Å². The SMILES string of the molecule is CNc1cc(S(=O)(=O)N2c3ccccc3CC2C)ccn1. The number of para-hydroxylation sites is 1. The molecule has 0 fully saturated rings. The third kappa shape index (κ3) is 2.25. The van der Waals surface area contributed by atoms with E-state index in [0.29, 0.717) is 5.82 Å². The number of pyridine rings is 1. The van der Waals surface area contributed by atoms with E-state index in [0.717, 1.165) is 17.7 Å². The molecule has 0 bridgehead atoms. The van der Waals surface area contributed by atoms with Crippen LogP contribution in [0.5, 0.6) is 0 Å². The molecule has 21 heavy (non-hydrogen) atoms. The summed E-state index contributed by atoms with van der Waals surface area (Å²) in [4.78, 5) is 4.32. The molecule has 0 amide bonds. The molecule has 5 nitrogen and oxygen atoms in total. The van der Waals surface area contributed by atoms with Crippen molar-refractivity contribution < 1.29 is 8.42 Å². The molecule has 3 rings (SSSR count). The monoisotopic (exact) mass is 303 g/mol. The molecule has 2 heterocycles. The van der Waals surface area contributed by atoms with Crippen molar-refractivity contribution in [2.75, 3.05) is 16.7 Å². The lowest BCUT2D eigenvalue weighted by atomic mass is 10.1. The number of fused-ring (bicyclic) bond motifs is 1. The van der Waals surface area contributed by atoms with Crippen molar-refractivity contribution in [2.24, 2.45) is 0 Å². The van der Waals surface area contributed by atoms with Gasteiger partial charge in [-0.05, 0) is 31.0 Å². The lowest BCUT2D eigenvalue weighted by molar-refractivity contribution is 0.584. The summed E-state index contributed by atoms with van der Waals surface area (Å²) < 4.78 is 27.4. The van der Waals surface area contributed by atoms with Gasteiger partial charge < -0.3 is 5.32 Å². The first-order chi connectivity index (χ1) is 10.0. The van der Waals surface area contributed by atoms with Crippen LogP contribution in [0.3, 0.4) is 0 Å². The smallest absolute Gasteiger partial charge is 0.264 e. The highest BCUT2D eigenvalue weighted by Crippen LogP contribution is 2.36. The zero-order valence-corrected chi connectivity index (χ0v) is 12.8. The second kappa shape index (κ2) is 5.04. The minimum absolute atomic E-state index is 0.0846. The Labute approximate surface area is 124 Å². The van der Waals surface area contributed by atoms with Crippen LogP contribution in [0.1, 0.15) is 12.5 Å². The second-order valence-electron chi connectivity index (χ2n) is 5.11. The number of nitrogens with zero attached hydrogens (tertiary/aromatic N) is 2. The zero-order chi connectivity index (χ0) is 15.0. The summed E-state index contributed by atoms with van der Waals surface area (Å²) in [7, 11) is -1.87. The molecule has 110 valence electrons. The normalized spacial score (nSPS) is 17.6. The van der Waals surface area contributed by atoms with Gasteiger partial charge in [0, 0.05) is 25.4 Å². The fourth-order valence-electron chi connectivity index (χ4n) is 2.73. The fraction of sp³-hybridized carbons (Fsp3) is 0.267. The van der Waals surface area contributed by atoms with E-state index in [-0.39, 0.29) is 10.9 Å². The van der Waals surface area contributed by atoms with Crippen LogP contribution in [0.2, 0.25) is 0 Å². The van der Waals surface area contributed by atoms with E-state index in [1.807, 2.05) is 31.2 Å². The summed E-state index contributed by atoms with van der Waals surface area (Å²) in [6.07, 6.45) is 2.24. The van der Waals surface area contributed by atoms with E-state index >= 15 is 0 Å². The number of hydrogen-bond donors (Lipinski definition) is 1. The predicted octanol–water partition coefficient (Wildman–Crippen LogP) is 2.26. The van der Waals surface area contributed by atoms with Crippen LogP contribution in [0.25, 0.3) is 0 Å². The molecule has 1 aromatic carbocycles. The molecule has 1 aliphatic heterocycles. The number of anilines is 2. The molecule has 0 saturated carbocycles. The molecule has 2 aromatic rings. The van der Waals surface area contributed by atoms with Crippen molar-refractivity contribution >= 4 is 21.5 Å². The van der Waals surface area contributed by atoms with Gasteiger partial charge in [-0.2, -0.15) is 0 Å². The van der Waals surface area contributed by atoms with Gasteiger partial charge in [0.15, 0.2) is 0 Å². The first-order valence-corrected chi connectivity index (χ1v) is 8.24. The largest absolute Gasteiger partial charge is 0.373 e. The van der Waals surface area contributed by atoms with Crippen molar-refractivity contribution in [1.29, 1.82) is 0 Å². The van der Waals surface area contributed by atoms with Crippen molar-refractivity contribution in [1.82, 2.24) is 4.98 Å². The van der Waals surface area contributed by atoms with Gasteiger partial charge in [-0.1, -0.05) is 18.2 Å². The highest BCUT2D eigenvalue weighted by atomic mass is 32.2. The van der Waals surface area contributed by atoms with Crippen molar-refractivity contribution in [3.63, 3.8) is 0 Å². The Morgan fingerprint density at radius 3 is 2.81 bits per heavy atom. The second-order valence-corrected chi connectivity index (χ2v) is 6.92. The third-order valence-corrected chi connectivity index (χ3v) is 5.61. The Kier molecular flexibility index (Phi) is 3.33. The van der Waals surface area contributed by atoms with E-state index in [9.17, 15) is 8.42 Å². The van der Waals surface area contributed by atoms with E-state index < -0.39 is 10.0 Å². The minimum atomic E-state index is -3.58. The summed E-state index contributed by atoms with van der Waals surface area (Å²) in [5.74, 6) is 0.538. The maximum Gasteiger partial charge on any atom is 0.264 e. The highest BCUT2D eigenvalue weighted by Gasteiger charge is 2.35. The van der Waals surface area contributed by atoms with E-state index in [1.165, 1.54) is 16.6 Å². The molecule has 1 unspecified atom stereocenters. The number of sulfonamides is 1. The first-order valence-electron chi connectivity index (χ1n) is 6.80. The zero-order valence-electron chi connectivity index (χ0n) is 11.9. The average Bonchev–Trinajstić information content (AvgIpc) is 2.83. The lowest BCUT2D eigenvalue weighted by Gasteiger charge is -2.24. The summed E-state index contributed by atoms with van der Waals surface area (Å²) >= 11 is 0. The summed E-state index contributed by atoms with van der Waals surface area (Å²) in [6.45, 7) is 1.93. The van der Waals surface area contributed by atoms with E-state index in [2.05, 4.69) is 10.3 Å². The quantitative estimate of drug-likeness (QED) is 0.945. The number of nitrogens with one attached hydrogen (secondary N) is 1. The molecule has 0 spiro atoms. The van der Waals surface area contributed by atoms with Crippen LogP contribution in [-0.2, 0) is 16.4 Å². The Morgan fingerprint density at radius 2 is 2.05 bits per heavy atom. The van der Waals surface area contributed by atoms with Crippen LogP contribution in [0.15, 0.2) is 47.5 Å². The van der Waals surface area contributed by atoms with E-state index in [4.69, 9.17) is 0 Å². The van der Waals surface area contributed by atoms with Gasteiger partial charge >= 0.3 is 0 Å². The Balaban J connectivity index is 2.10. The van der Waals surface area contributed by atoms with Gasteiger partial charge in [0.05, 0.1) is 10.6 Å². The Hall–Kier alpha value is -2.08. The van der Waals surface area contributed by atoms with Gasteiger partial charge in [-0.3, -0.25) is 4.31 Å². The molecule has 0 aliphatic carbocycles. The van der Waals surface area contributed by atoms with Crippen LogP contribution in [0, 0.1) is 0 Å². The van der Waals surface area contributed by atoms with Crippen LogP contribution < -0.4 is 9.62 Å². The van der Waals surface area contributed by atoms with Crippen molar-refractivity contribution in [2.45, 2.75) is 24.3 Å². The molecule has 1 aromatic heterocycles. The summed E-state index contributed by atoms with van der Waals surface area (Å²) in [5, 5.41) is 2.87. The summed E-state index contributed by atoms with van der Waals surface area (Å²) in [6, 6.07) is 10.6. The van der Waals surface area contributed by atoms with Crippen LogP contribution in [0.4, 0.5) is 11.5 Å². The maximum atomic E-state index is 12.9. The van der Waals surface area contributed by atoms with Gasteiger partial charge in [-0.15, -0.1) is 0 Å². The highest BCUT2D eigenvalue weighted by molar-refractivity contribution is 7.92. The molecule has 1 N–H and O–H groups in total. The standard InChI is InChI=1S/C15H17N3O2S/c1-11-9-12-5-3-4-6-14(12)18(11)21(19,20)13-7-8-17-15(10-13)16-2/h3-8,10-11H,9H2,1-2H3,(H,16,17). The van der Waals surface area contributed by atoms with Crippen LogP contribution >= 0.6 is 0 Å². The number of aromatic nitrogens is 1. The van der Waals surface area contributed by atoms with Gasteiger partial charge in [0.1, 0.15) is 5.82 Å². The lowest BCUT2D eigenvalue weighted by Crippen LogP contribution is -2.35. The van der Waals surface area contributed by atoms with Gasteiger partial charge in [0.25, 0.3) is 10.0 Å². The molecule has 1 aliphatic rings. The first kappa shape index (κ1) is 13.9. The molecule has 6 heteroatoms. The molecular formula is C15H17N3O2S. The third-order valence-electron chi connectivity index (χ3n) is 3.69. The number of benzene rings is 1. The Bertz CT molecular complexity index is 774. The van der Waals surface area contributed by atoms with Crippen molar-refractivity contribution in [3.8, 4) is 0 Å². The topological polar surface area (TPSA) is 62.3 Å². The predicted molar refractivity (Wildman–Crippen MR) is 83.1 cm³/mol. The van der Waals surface area contributed by atoms with Gasteiger partial charge in [0.2, 0.25) is 0 Å². The minimum Gasteiger partial charge on any atom is -0.373 e.